The third-order valence-corrected chi connectivity index (χ3v) is 2.71. The van der Waals surface area contributed by atoms with Gasteiger partial charge in [0.2, 0.25) is 5.91 Å². The van der Waals surface area contributed by atoms with E-state index in [-0.39, 0.29) is 23.6 Å². The molecule has 0 bridgehead atoms. The molecule has 0 aliphatic rings. The average molecular weight is 270 g/mol. The minimum Gasteiger partial charge on any atom is -0.508 e. The van der Waals surface area contributed by atoms with Crippen LogP contribution in [0.5, 0.6) is 5.75 Å². The maximum Gasteiger partial charge on any atom is 0.228 e. The normalized spacial score (nSPS) is 9.80. The second-order valence-corrected chi connectivity index (χ2v) is 4.16. The third-order valence-electron chi connectivity index (χ3n) is 2.71. The Morgan fingerprint density at radius 3 is 2.75 bits per heavy atom. The van der Waals surface area contributed by atoms with Crippen LogP contribution in [0.25, 0.3) is 0 Å². The molecule has 0 atom stereocenters. The van der Waals surface area contributed by atoms with Gasteiger partial charge < -0.3 is 10.4 Å². The van der Waals surface area contributed by atoms with Crippen molar-refractivity contribution in [2.75, 3.05) is 5.32 Å². The minimum atomic E-state index is -0.633. The first-order valence-corrected chi connectivity index (χ1v) is 5.86. The molecule has 0 spiro atoms. The fourth-order valence-corrected chi connectivity index (χ4v) is 1.73. The number of benzene rings is 2. The van der Waals surface area contributed by atoms with Crippen LogP contribution in [-0.4, -0.2) is 11.0 Å². The molecule has 5 heteroatoms. The fraction of sp³-hybridized carbons (Fsp3) is 0.0667. The van der Waals surface area contributed by atoms with E-state index in [2.05, 4.69) is 5.32 Å². The number of carbonyl (C=O) groups is 1. The van der Waals surface area contributed by atoms with Crippen molar-refractivity contribution in [3.05, 3.63) is 59.4 Å². The molecule has 0 aliphatic heterocycles. The second kappa shape index (κ2) is 5.85. The summed E-state index contributed by atoms with van der Waals surface area (Å²) < 4.78 is 13.1. The van der Waals surface area contributed by atoms with Crippen molar-refractivity contribution in [2.24, 2.45) is 0 Å². The molecule has 4 nitrogen and oxygen atoms in total. The first kappa shape index (κ1) is 13.6. The van der Waals surface area contributed by atoms with Crippen LogP contribution < -0.4 is 5.32 Å². The lowest BCUT2D eigenvalue weighted by molar-refractivity contribution is -0.115. The Morgan fingerprint density at radius 1 is 1.30 bits per heavy atom. The van der Waals surface area contributed by atoms with E-state index in [4.69, 9.17) is 5.26 Å². The Bertz CT molecular complexity index is 693. The summed E-state index contributed by atoms with van der Waals surface area (Å²) in [6.07, 6.45) is -0.00800. The number of phenolic OH excluding ortho intramolecular Hbond substituents is 1. The van der Waals surface area contributed by atoms with Crippen LogP contribution in [0, 0.1) is 17.1 Å². The second-order valence-electron chi connectivity index (χ2n) is 4.16. The molecule has 0 aliphatic carbocycles. The highest BCUT2D eigenvalue weighted by atomic mass is 19.1. The Morgan fingerprint density at radius 2 is 2.05 bits per heavy atom. The molecule has 0 radical (unpaired) electrons. The highest BCUT2D eigenvalue weighted by Crippen LogP contribution is 2.18. The first-order chi connectivity index (χ1) is 9.60. The van der Waals surface area contributed by atoms with Gasteiger partial charge in [-0.1, -0.05) is 18.2 Å². The van der Waals surface area contributed by atoms with E-state index in [1.165, 1.54) is 18.2 Å². The number of halogens is 1. The van der Waals surface area contributed by atoms with Crippen LogP contribution in [0.3, 0.4) is 0 Å². The fourth-order valence-electron chi connectivity index (χ4n) is 1.73. The highest BCUT2D eigenvalue weighted by molar-refractivity contribution is 5.92. The number of hydrogen-bond donors (Lipinski definition) is 2. The van der Waals surface area contributed by atoms with Crippen LogP contribution in [0.2, 0.25) is 0 Å². The molecule has 100 valence electrons. The van der Waals surface area contributed by atoms with Crippen molar-refractivity contribution in [1.29, 1.82) is 5.26 Å². The maximum absolute atomic E-state index is 13.1. The molecule has 0 saturated carbocycles. The molecule has 0 fully saturated rings. The molecule has 0 heterocycles. The van der Waals surface area contributed by atoms with Gasteiger partial charge in [0, 0.05) is 11.3 Å². The van der Waals surface area contributed by atoms with Crippen molar-refractivity contribution in [3.8, 4) is 11.8 Å². The number of nitrogens with one attached hydrogen (secondary N) is 1. The van der Waals surface area contributed by atoms with Gasteiger partial charge >= 0.3 is 0 Å². The predicted octanol–water partition coefficient (Wildman–Crippen LogP) is 2.58. The van der Waals surface area contributed by atoms with Gasteiger partial charge in [0.05, 0.1) is 12.0 Å². The molecule has 0 unspecified atom stereocenters. The Kier molecular flexibility index (Phi) is 3.96. The topological polar surface area (TPSA) is 73.1 Å². The molecule has 2 aromatic rings. The van der Waals surface area contributed by atoms with Gasteiger partial charge in [-0.25, -0.2) is 4.39 Å². The summed E-state index contributed by atoms with van der Waals surface area (Å²) >= 11 is 0. The van der Waals surface area contributed by atoms with E-state index >= 15 is 0 Å². The summed E-state index contributed by atoms with van der Waals surface area (Å²) in [4.78, 5) is 11.8. The Hall–Kier alpha value is -2.87. The van der Waals surface area contributed by atoms with Crippen LogP contribution >= 0.6 is 0 Å². The van der Waals surface area contributed by atoms with Gasteiger partial charge in [-0.05, 0) is 24.3 Å². The van der Waals surface area contributed by atoms with E-state index in [1.54, 1.807) is 24.3 Å². The summed E-state index contributed by atoms with van der Waals surface area (Å²) in [5.74, 6) is -0.951. The van der Waals surface area contributed by atoms with Gasteiger partial charge in [-0.15, -0.1) is 0 Å². The summed E-state index contributed by atoms with van der Waals surface area (Å²) in [6.45, 7) is 0. The summed E-state index contributed by atoms with van der Waals surface area (Å²) in [7, 11) is 0. The largest absolute Gasteiger partial charge is 0.508 e. The van der Waals surface area contributed by atoms with Crippen LogP contribution in [0.4, 0.5) is 10.1 Å². The van der Waals surface area contributed by atoms with Gasteiger partial charge in [-0.3, -0.25) is 4.79 Å². The molecule has 0 aromatic heterocycles. The zero-order valence-electron chi connectivity index (χ0n) is 10.4. The molecule has 20 heavy (non-hydrogen) atoms. The molecule has 2 N–H and O–H groups in total. The average Bonchev–Trinajstić information content (AvgIpc) is 2.43. The number of hydrogen-bond acceptors (Lipinski definition) is 3. The van der Waals surface area contributed by atoms with Crippen LogP contribution in [-0.2, 0) is 11.2 Å². The zero-order valence-corrected chi connectivity index (χ0v) is 10.4. The lowest BCUT2D eigenvalue weighted by atomic mass is 10.1. The molecule has 0 saturated heterocycles. The number of para-hydroxylation sites is 1. The Balaban J connectivity index is 2.09. The lowest BCUT2D eigenvalue weighted by Gasteiger charge is -2.07. The lowest BCUT2D eigenvalue weighted by Crippen LogP contribution is -2.14. The van der Waals surface area contributed by atoms with Crippen molar-refractivity contribution in [3.63, 3.8) is 0 Å². The van der Waals surface area contributed by atoms with Crippen molar-refractivity contribution in [2.45, 2.75) is 6.42 Å². The van der Waals surface area contributed by atoms with E-state index in [1.807, 2.05) is 0 Å². The van der Waals surface area contributed by atoms with Crippen molar-refractivity contribution < 1.29 is 14.3 Å². The van der Waals surface area contributed by atoms with Gasteiger partial charge in [-0.2, -0.15) is 5.26 Å². The number of nitriles is 1. The number of aromatic hydroxyl groups is 1. The maximum atomic E-state index is 13.1. The highest BCUT2D eigenvalue weighted by Gasteiger charge is 2.09. The number of rotatable bonds is 3. The third kappa shape index (κ3) is 3.12. The van der Waals surface area contributed by atoms with E-state index in [0.29, 0.717) is 11.3 Å². The molecule has 2 rings (SSSR count). The van der Waals surface area contributed by atoms with Crippen molar-refractivity contribution >= 4 is 11.6 Å². The van der Waals surface area contributed by atoms with Crippen molar-refractivity contribution in [1.82, 2.24) is 0 Å². The standard InChI is InChI=1S/C15H11FN2O2/c16-13-6-5-12(7-11(13)9-17)18-15(20)8-10-3-1-2-4-14(10)19/h1-7,19H,8H2,(H,18,20). The molecular weight excluding hydrogens is 259 g/mol. The van der Waals surface area contributed by atoms with E-state index < -0.39 is 5.82 Å². The van der Waals surface area contributed by atoms with Crippen LogP contribution in [0.1, 0.15) is 11.1 Å². The number of anilines is 1. The quantitative estimate of drug-likeness (QED) is 0.900. The zero-order chi connectivity index (χ0) is 14.5. The van der Waals surface area contributed by atoms with E-state index in [9.17, 15) is 14.3 Å². The SMILES string of the molecule is N#Cc1cc(NC(=O)Cc2ccccc2O)ccc1F. The summed E-state index contributed by atoms with van der Waals surface area (Å²) in [5.41, 5.74) is 0.696. The number of amides is 1. The smallest absolute Gasteiger partial charge is 0.228 e. The Labute approximate surface area is 115 Å². The molecule has 1 amide bonds. The van der Waals surface area contributed by atoms with Crippen LogP contribution in [0.15, 0.2) is 42.5 Å². The monoisotopic (exact) mass is 270 g/mol. The number of nitrogens with zero attached hydrogens (tertiary/aromatic N) is 1. The van der Waals surface area contributed by atoms with Gasteiger partial charge in [0.25, 0.3) is 0 Å². The molecule has 2 aromatic carbocycles. The van der Waals surface area contributed by atoms with E-state index in [0.717, 1.165) is 6.07 Å². The number of phenols is 1. The van der Waals surface area contributed by atoms with Gasteiger partial charge in [0.15, 0.2) is 0 Å². The number of carbonyl (C=O) groups excluding carboxylic acids is 1. The van der Waals surface area contributed by atoms with Gasteiger partial charge in [0.1, 0.15) is 17.6 Å². The minimum absolute atomic E-state index is 0.00800. The predicted molar refractivity (Wildman–Crippen MR) is 71.6 cm³/mol. The molecular formula is C15H11FN2O2. The summed E-state index contributed by atoms with van der Waals surface area (Å²) in [6, 6.07) is 12.0. The first-order valence-electron chi connectivity index (χ1n) is 5.86. The summed E-state index contributed by atoms with van der Waals surface area (Å²) in [5, 5.41) is 20.8.